The number of fused-ring (bicyclic) bond motifs is 2. The van der Waals surface area contributed by atoms with Crippen molar-refractivity contribution in [2.75, 3.05) is 0 Å². The summed E-state index contributed by atoms with van der Waals surface area (Å²) < 4.78 is 8.45. The predicted octanol–water partition coefficient (Wildman–Crippen LogP) is 19.8. The molecular formula is C55H78N4S6Sn. The Labute approximate surface area is 426 Å². The van der Waals surface area contributed by atoms with Crippen LogP contribution >= 0.6 is 68.0 Å². The molecule has 6 heterocycles. The number of thiophene rings is 2. The number of thiazole rings is 4. The van der Waals surface area contributed by atoms with Crippen molar-refractivity contribution in [3.63, 3.8) is 0 Å². The van der Waals surface area contributed by atoms with Gasteiger partial charge in [0.25, 0.3) is 0 Å². The van der Waals surface area contributed by atoms with Crippen molar-refractivity contribution in [1.29, 1.82) is 0 Å². The van der Waals surface area contributed by atoms with Crippen LogP contribution in [-0.4, -0.2) is 38.3 Å². The molecule has 0 bridgehead atoms. The molecule has 0 aliphatic heterocycles. The molecule has 0 saturated heterocycles. The number of unbranched alkanes of at least 4 members (excludes halogenated alkanes) is 3. The second-order valence-corrected chi connectivity index (χ2v) is 41.3. The summed E-state index contributed by atoms with van der Waals surface area (Å²) in [6, 6.07) is 9.42. The van der Waals surface area contributed by atoms with Crippen LogP contribution in [0.1, 0.15) is 167 Å². The van der Waals surface area contributed by atoms with Crippen LogP contribution in [0.5, 0.6) is 0 Å². The fourth-order valence-corrected chi connectivity index (χ4v) is 34.7. The van der Waals surface area contributed by atoms with Crippen molar-refractivity contribution in [3.05, 3.63) is 51.3 Å². The van der Waals surface area contributed by atoms with Gasteiger partial charge in [-0.3, -0.25) is 0 Å². The first kappa shape index (κ1) is 52.3. The fraction of sp³-hybridized carbons (Fsp3) is 0.600. The third-order valence-corrected chi connectivity index (χ3v) is 38.6. The summed E-state index contributed by atoms with van der Waals surface area (Å²) in [6.45, 7) is 23.6. The van der Waals surface area contributed by atoms with Crippen molar-refractivity contribution >= 4 is 110 Å². The average molecular weight is 1110 g/mol. The summed E-state index contributed by atoms with van der Waals surface area (Å²) in [5, 5.41) is 4.42. The molecule has 358 valence electrons. The van der Waals surface area contributed by atoms with Crippen LogP contribution in [0.2, 0.25) is 13.3 Å². The summed E-state index contributed by atoms with van der Waals surface area (Å²) in [5.41, 5.74) is 4.53. The normalized spacial score (nSPS) is 13.4. The number of aromatic nitrogens is 4. The van der Waals surface area contributed by atoms with Crippen LogP contribution in [0.25, 0.3) is 61.3 Å². The Morgan fingerprint density at radius 1 is 0.485 bits per heavy atom. The molecule has 7 aromatic rings. The molecule has 0 aliphatic carbocycles. The second kappa shape index (κ2) is 25.0. The van der Waals surface area contributed by atoms with E-state index in [-0.39, 0.29) is 0 Å². The van der Waals surface area contributed by atoms with E-state index in [0.29, 0.717) is 0 Å². The fourth-order valence-electron chi connectivity index (χ4n) is 9.61. The summed E-state index contributed by atoms with van der Waals surface area (Å²) >= 11 is 8.68. The van der Waals surface area contributed by atoms with Gasteiger partial charge in [0, 0.05) is 0 Å². The third kappa shape index (κ3) is 13.2. The van der Waals surface area contributed by atoms with E-state index in [4.69, 9.17) is 19.9 Å². The van der Waals surface area contributed by atoms with Crippen LogP contribution in [-0.2, 0) is 12.8 Å². The molecule has 0 fully saturated rings. The van der Waals surface area contributed by atoms with Gasteiger partial charge in [-0.05, 0) is 23.7 Å². The Bertz CT molecular complexity index is 2420. The van der Waals surface area contributed by atoms with Gasteiger partial charge < -0.3 is 0 Å². The maximum absolute atomic E-state index is 5.72. The third-order valence-electron chi connectivity index (χ3n) is 13.8. The molecule has 1 aromatic carbocycles. The van der Waals surface area contributed by atoms with Crippen LogP contribution in [0, 0.1) is 30.6 Å². The average Bonchev–Trinajstić information content (AvgIpc) is 4.15. The molecule has 11 heteroatoms. The maximum atomic E-state index is 5.72. The van der Waals surface area contributed by atoms with Crippen LogP contribution in [0.4, 0.5) is 0 Å². The van der Waals surface area contributed by atoms with Crippen molar-refractivity contribution in [2.24, 2.45) is 23.7 Å². The van der Waals surface area contributed by atoms with E-state index < -0.39 is 18.4 Å². The Kier molecular flexibility index (Phi) is 19.8. The van der Waals surface area contributed by atoms with Gasteiger partial charge in [-0.25, -0.2) is 0 Å². The minimum absolute atomic E-state index is 0.750. The van der Waals surface area contributed by atoms with Crippen LogP contribution < -0.4 is 2.89 Å². The zero-order valence-electron chi connectivity index (χ0n) is 41.9. The quantitative estimate of drug-likeness (QED) is 0.0459. The van der Waals surface area contributed by atoms with Gasteiger partial charge in [-0.2, -0.15) is 0 Å². The minimum atomic E-state index is -2.76. The first-order chi connectivity index (χ1) is 31.9. The molecule has 2 atom stereocenters. The zero-order chi connectivity index (χ0) is 46.8. The number of aryl methyl sites for hydroxylation is 3. The SMILES string of the molecule is CCC[CH2][Sn]([CH2]CCC)([CH2]CCC)[c]1cnc(-c2c3nc(-c4ccc(CCC(C)CCCC(C)C)s4)sc3c(-c3ncc(C)s3)c3nc(-c4ccc(CCC(C)CCCC(C)C)s4)sc23)s1. The van der Waals surface area contributed by atoms with E-state index in [1.54, 1.807) is 14.2 Å². The van der Waals surface area contributed by atoms with Gasteiger partial charge in [-0.15, -0.1) is 0 Å². The summed E-state index contributed by atoms with van der Waals surface area (Å²) in [6.07, 6.45) is 25.0. The number of hydrogen-bond acceptors (Lipinski definition) is 10. The van der Waals surface area contributed by atoms with E-state index >= 15 is 0 Å². The summed E-state index contributed by atoms with van der Waals surface area (Å²) in [5.74, 6) is 3.08. The number of benzene rings is 1. The Morgan fingerprint density at radius 2 is 0.939 bits per heavy atom. The molecule has 7 rings (SSSR count). The first-order valence-corrected chi connectivity index (χ1v) is 38.1. The topological polar surface area (TPSA) is 51.6 Å². The van der Waals surface area contributed by atoms with E-state index in [2.05, 4.69) is 99.7 Å². The molecule has 0 saturated carbocycles. The van der Waals surface area contributed by atoms with E-state index in [1.165, 1.54) is 143 Å². The molecule has 0 N–H and O–H groups in total. The summed E-state index contributed by atoms with van der Waals surface area (Å²) in [4.78, 5) is 28.7. The van der Waals surface area contributed by atoms with Gasteiger partial charge in [0.1, 0.15) is 0 Å². The second-order valence-electron chi connectivity index (χ2n) is 20.5. The molecule has 4 nitrogen and oxygen atoms in total. The number of rotatable bonds is 28. The molecule has 2 unspecified atom stereocenters. The molecule has 66 heavy (non-hydrogen) atoms. The standard InChI is InChI=1S/C43H51N4S6.3C4H9.Sn/c1-25(2)10-8-12-27(5)14-16-30-18-20-32(50-30)40-46-36-34(42-44-22-23-48-42)38-37(35(39(36)53-40)43-45-24-29(7)49-43)47-41(52-38)33-21-19-31(51-33)17-15-28(6)13-9-11-26(3)4;3*1-3-4-2;/h18-22,24-28H,8-17H2,1-7H3;3*1,3-4H2,2H3;. The number of nitrogens with zero attached hydrogens (tertiary/aromatic N) is 4. The van der Waals surface area contributed by atoms with Crippen LogP contribution in [0.3, 0.4) is 0 Å². The van der Waals surface area contributed by atoms with Crippen molar-refractivity contribution < 1.29 is 0 Å². The molecule has 0 aliphatic rings. The first-order valence-electron chi connectivity index (χ1n) is 25.8. The van der Waals surface area contributed by atoms with E-state index in [1.807, 2.05) is 62.9 Å². The molecule has 6 aromatic heterocycles. The predicted molar refractivity (Wildman–Crippen MR) is 303 cm³/mol. The number of hydrogen-bond donors (Lipinski definition) is 0. The van der Waals surface area contributed by atoms with Crippen molar-refractivity contribution in [2.45, 2.75) is 185 Å². The molecule has 0 amide bonds. The molecule has 0 radical (unpaired) electrons. The van der Waals surface area contributed by atoms with Gasteiger partial charge >= 0.3 is 327 Å². The van der Waals surface area contributed by atoms with Gasteiger partial charge in [0.05, 0.1) is 0 Å². The Morgan fingerprint density at radius 3 is 1.36 bits per heavy atom. The molecule has 0 spiro atoms. The summed E-state index contributed by atoms with van der Waals surface area (Å²) in [7, 11) is 0. The van der Waals surface area contributed by atoms with Crippen LogP contribution in [0.15, 0.2) is 36.7 Å². The molecular weight excluding hydrogens is 1030 g/mol. The Hall–Kier alpha value is -1.54. The van der Waals surface area contributed by atoms with E-state index in [9.17, 15) is 0 Å². The van der Waals surface area contributed by atoms with Crippen molar-refractivity contribution in [3.8, 4) is 40.9 Å². The van der Waals surface area contributed by atoms with Gasteiger partial charge in [0.15, 0.2) is 0 Å². The zero-order valence-corrected chi connectivity index (χ0v) is 49.7. The monoisotopic (exact) mass is 1110 g/mol. The van der Waals surface area contributed by atoms with Crippen molar-refractivity contribution in [1.82, 2.24) is 19.9 Å². The van der Waals surface area contributed by atoms with Gasteiger partial charge in [-0.1, -0.05) is 80.1 Å². The van der Waals surface area contributed by atoms with Gasteiger partial charge in [0.2, 0.25) is 0 Å². The van der Waals surface area contributed by atoms with E-state index in [0.717, 1.165) is 73.1 Å². The Balaban J connectivity index is 1.33.